The predicted octanol–water partition coefficient (Wildman–Crippen LogP) is 3.91. The van der Waals surface area contributed by atoms with Crippen molar-refractivity contribution in [2.45, 2.75) is 71.4 Å². The molecule has 1 fully saturated rings. The first-order chi connectivity index (χ1) is 9.35. The second kappa shape index (κ2) is 7.68. The number of imidazole rings is 1. The summed E-state index contributed by atoms with van der Waals surface area (Å²) in [6.07, 6.45) is 13.6. The van der Waals surface area contributed by atoms with E-state index in [1.807, 2.05) is 6.20 Å². The van der Waals surface area contributed by atoms with Crippen LogP contribution in [0.2, 0.25) is 0 Å². The van der Waals surface area contributed by atoms with E-state index >= 15 is 0 Å². The van der Waals surface area contributed by atoms with Crippen LogP contribution in [0.3, 0.4) is 0 Å². The molecule has 0 aromatic carbocycles. The smallest absolute Gasteiger partial charge is 0.125 e. The summed E-state index contributed by atoms with van der Waals surface area (Å²) < 4.78 is 2.32. The molecule has 19 heavy (non-hydrogen) atoms. The highest BCUT2D eigenvalue weighted by molar-refractivity contribution is 4.99. The van der Waals surface area contributed by atoms with Crippen molar-refractivity contribution >= 4 is 0 Å². The summed E-state index contributed by atoms with van der Waals surface area (Å²) in [6, 6.07) is 0.437. The van der Waals surface area contributed by atoms with Crippen LogP contribution < -0.4 is 5.32 Å². The Kier molecular flexibility index (Phi) is 5.90. The highest BCUT2D eigenvalue weighted by atomic mass is 15.1. The van der Waals surface area contributed by atoms with Gasteiger partial charge in [-0.15, -0.1) is 0 Å². The lowest BCUT2D eigenvalue weighted by Gasteiger charge is -2.20. The third-order valence-corrected chi connectivity index (χ3v) is 4.31. The Morgan fingerprint density at radius 1 is 1.37 bits per heavy atom. The van der Waals surface area contributed by atoms with Gasteiger partial charge >= 0.3 is 0 Å². The van der Waals surface area contributed by atoms with Gasteiger partial charge in [-0.05, 0) is 31.7 Å². The van der Waals surface area contributed by atoms with Gasteiger partial charge in [0.15, 0.2) is 0 Å². The zero-order valence-electron chi connectivity index (χ0n) is 12.6. The van der Waals surface area contributed by atoms with E-state index in [0.29, 0.717) is 6.04 Å². The molecule has 1 unspecified atom stereocenters. The van der Waals surface area contributed by atoms with E-state index in [0.717, 1.165) is 19.0 Å². The van der Waals surface area contributed by atoms with Crippen molar-refractivity contribution in [1.29, 1.82) is 0 Å². The van der Waals surface area contributed by atoms with Gasteiger partial charge in [0.1, 0.15) is 5.82 Å². The van der Waals surface area contributed by atoms with E-state index in [1.165, 1.54) is 50.8 Å². The first kappa shape index (κ1) is 14.6. The highest BCUT2D eigenvalue weighted by Gasteiger charge is 2.20. The average molecular weight is 263 g/mol. The Morgan fingerprint density at radius 2 is 2.16 bits per heavy atom. The third-order valence-electron chi connectivity index (χ3n) is 4.31. The molecule has 0 aliphatic heterocycles. The van der Waals surface area contributed by atoms with Crippen LogP contribution in [0.1, 0.15) is 70.7 Å². The van der Waals surface area contributed by atoms with Gasteiger partial charge in [-0.3, -0.25) is 0 Å². The average Bonchev–Trinajstić information content (AvgIpc) is 3.06. The number of aryl methyl sites for hydroxylation is 1. The minimum atomic E-state index is 0.437. The lowest BCUT2D eigenvalue weighted by molar-refractivity contribution is 0.396. The van der Waals surface area contributed by atoms with Gasteiger partial charge < -0.3 is 9.88 Å². The maximum atomic E-state index is 4.60. The van der Waals surface area contributed by atoms with Gasteiger partial charge in [0.05, 0.1) is 6.04 Å². The number of nitrogens with one attached hydrogen (secondary N) is 1. The molecule has 1 saturated carbocycles. The molecule has 3 nitrogen and oxygen atoms in total. The van der Waals surface area contributed by atoms with Gasteiger partial charge in [0, 0.05) is 18.9 Å². The fourth-order valence-electron chi connectivity index (χ4n) is 3.33. The number of rotatable bonds is 8. The zero-order valence-corrected chi connectivity index (χ0v) is 12.6. The molecule has 0 bridgehead atoms. The largest absolute Gasteiger partial charge is 0.334 e. The van der Waals surface area contributed by atoms with Gasteiger partial charge in [-0.1, -0.05) is 39.5 Å². The maximum absolute atomic E-state index is 4.60. The van der Waals surface area contributed by atoms with Crippen LogP contribution in [-0.4, -0.2) is 16.1 Å². The van der Waals surface area contributed by atoms with E-state index in [-0.39, 0.29) is 0 Å². The van der Waals surface area contributed by atoms with Crippen LogP contribution in [-0.2, 0) is 6.54 Å². The van der Waals surface area contributed by atoms with Gasteiger partial charge in [-0.25, -0.2) is 4.98 Å². The number of hydrogen-bond donors (Lipinski definition) is 1. The summed E-state index contributed by atoms with van der Waals surface area (Å²) in [5.41, 5.74) is 0. The Bertz CT molecular complexity index is 353. The van der Waals surface area contributed by atoms with E-state index < -0.39 is 0 Å². The minimum Gasteiger partial charge on any atom is -0.334 e. The van der Waals surface area contributed by atoms with Crippen molar-refractivity contribution < 1.29 is 0 Å². The summed E-state index contributed by atoms with van der Waals surface area (Å²) in [5.74, 6) is 2.21. The summed E-state index contributed by atoms with van der Waals surface area (Å²) in [5, 5.41) is 3.62. The molecule has 0 spiro atoms. The molecule has 1 atom stereocenters. The van der Waals surface area contributed by atoms with Crippen LogP contribution in [0.5, 0.6) is 0 Å². The summed E-state index contributed by atoms with van der Waals surface area (Å²) >= 11 is 0. The predicted molar refractivity (Wildman–Crippen MR) is 80.1 cm³/mol. The van der Waals surface area contributed by atoms with Crippen LogP contribution in [0.25, 0.3) is 0 Å². The molecule has 1 aromatic heterocycles. The fourth-order valence-corrected chi connectivity index (χ4v) is 3.33. The normalized spacial score (nSPS) is 18.0. The lowest BCUT2D eigenvalue weighted by atomic mass is 9.98. The van der Waals surface area contributed by atoms with Crippen LogP contribution >= 0.6 is 0 Å². The molecule has 1 aliphatic rings. The van der Waals surface area contributed by atoms with E-state index in [9.17, 15) is 0 Å². The molecule has 1 aliphatic carbocycles. The number of hydrogen-bond acceptors (Lipinski definition) is 2. The highest BCUT2D eigenvalue weighted by Crippen LogP contribution is 2.31. The molecule has 0 saturated heterocycles. The van der Waals surface area contributed by atoms with Crippen LogP contribution in [0.15, 0.2) is 12.4 Å². The van der Waals surface area contributed by atoms with E-state index in [1.54, 1.807) is 0 Å². The van der Waals surface area contributed by atoms with E-state index in [4.69, 9.17) is 0 Å². The minimum absolute atomic E-state index is 0.437. The van der Waals surface area contributed by atoms with Gasteiger partial charge in [-0.2, -0.15) is 0 Å². The molecule has 0 radical (unpaired) electrons. The summed E-state index contributed by atoms with van der Waals surface area (Å²) in [4.78, 5) is 4.60. The Morgan fingerprint density at radius 3 is 2.84 bits per heavy atom. The second-order valence-corrected chi connectivity index (χ2v) is 5.82. The molecule has 3 heteroatoms. The molecular weight excluding hydrogens is 234 g/mol. The Labute approximate surface area is 117 Å². The van der Waals surface area contributed by atoms with Crippen molar-refractivity contribution in [3.63, 3.8) is 0 Å². The van der Waals surface area contributed by atoms with Gasteiger partial charge in [0.2, 0.25) is 0 Å². The van der Waals surface area contributed by atoms with Crippen molar-refractivity contribution in [3.8, 4) is 0 Å². The number of nitrogens with zero attached hydrogens (tertiary/aromatic N) is 2. The second-order valence-electron chi connectivity index (χ2n) is 5.82. The van der Waals surface area contributed by atoms with Crippen molar-refractivity contribution in [2.24, 2.45) is 5.92 Å². The molecule has 0 amide bonds. The standard InChI is InChI=1S/C16H29N3/c1-3-12-19-13-11-18-16(19)15(17-4-2)10-9-14-7-5-6-8-14/h11,13-15,17H,3-10,12H2,1-2H3. The van der Waals surface area contributed by atoms with E-state index in [2.05, 4.69) is 34.9 Å². The Balaban J connectivity index is 1.95. The summed E-state index contributed by atoms with van der Waals surface area (Å²) in [7, 11) is 0. The van der Waals surface area contributed by atoms with Crippen molar-refractivity contribution in [1.82, 2.24) is 14.9 Å². The molecular formula is C16H29N3. The number of aromatic nitrogens is 2. The molecule has 108 valence electrons. The molecule has 2 rings (SSSR count). The SMILES string of the molecule is CCCn1ccnc1C(CCC1CCCC1)NCC. The van der Waals surface area contributed by atoms with Gasteiger partial charge in [0.25, 0.3) is 0 Å². The monoisotopic (exact) mass is 263 g/mol. The molecule has 1 N–H and O–H groups in total. The first-order valence-corrected chi connectivity index (χ1v) is 8.09. The van der Waals surface area contributed by atoms with Crippen molar-refractivity contribution in [2.75, 3.05) is 6.54 Å². The topological polar surface area (TPSA) is 29.9 Å². The molecule has 1 heterocycles. The maximum Gasteiger partial charge on any atom is 0.125 e. The lowest BCUT2D eigenvalue weighted by Crippen LogP contribution is -2.25. The van der Waals surface area contributed by atoms with Crippen LogP contribution in [0, 0.1) is 5.92 Å². The fraction of sp³-hybridized carbons (Fsp3) is 0.812. The summed E-state index contributed by atoms with van der Waals surface area (Å²) in [6.45, 7) is 6.52. The van der Waals surface area contributed by atoms with Crippen LogP contribution in [0.4, 0.5) is 0 Å². The first-order valence-electron chi connectivity index (χ1n) is 8.09. The Hall–Kier alpha value is -0.830. The zero-order chi connectivity index (χ0) is 13.5. The quantitative estimate of drug-likeness (QED) is 0.770. The van der Waals surface area contributed by atoms with Crippen molar-refractivity contribution in [3.05, 3.63) is 18.2 Å². The molecule has 1 aromatic rings. The third kappa shape index (κ3) is 4.07.